The van der Waals surface area contributed by atoms with Crippen molar-refractivity contribution in [2.45, 2.75) is 19.8 Å². The lowest BCUT2D eigenvalue weighted by Crippen LogP contribution is -2.12. The fourth-order valence-electron chi connectivity index (χ4n) is 1.30. The zero-order valence-electron chi connectivity index (χ0n) is 9.25. The van der Waals surface area contributed by atoms with E-state index < -0.39 is 0 Å². The number of hydrogen-bond acceptors (Lipinski definition) is 4. The molecule has 5 heteroatoms. The van der Waals surface area contributed by atoms with Gasteiger partial charge in [-0.15, -0.1) is 0 Å². The van der Waals surface area contributed by atoms with Crippen molar-refractivity contribution < 1.29 is 4.74 Å². The Morgan fingerprint density at radius 3 is 2.80 bits per heavy atom. The van der Waals surface area contributed by atoms with Gasteiger partial charge in [-0.1, -0.05) is 25.4 Å². The standard InChI is InChI=1S/C10H16ClN3O/c1-7(2)8-9(11)13-6-14-10(8)12-4-5-15-3/h6-7H,4-5H2,1-3H3,(H,12,13,14). The van der Waals surface area contributed by atoms with Gasteiger partial charge < -0.3 is 10.1 Å². The summed E-state index contributed by atoms with van der Waals surface area (Å²) in [6, 6.07) is 0. The van der Waals surface area contributed by atoms with Crippen molar-refractivity contribution in [1.82, 2.24) is 9.97 Å². The van der Waals surface area contributed by atoms with Gasteiger partial charge >= 0.3 is 0 Å². The van der Waals surface area contributed by atoms with Gasteiger partial charge in [0.25, 0.3) is 0 Å². The number of nitrogens with one attached hydrogen (secondary N) is 1. The molecule has 15 heavy (non-hydrogen) atoms. The van der Waals surface area contributed by atoms with Gasteiger partial charge in [-0.3, -0.25) is 0 Å². The summed E-state index contributed by atoms with van der Waals surface area (Å²) in [4.78, 5) is 8.14. The summed E-state index contributed by atoms with van der Waals surface area (Å²) in [7, 11) is 1.66. The fraction of sp³-hybridized carbons (Fsp3) is 0.600. The van der Waals surface area contributed by atoms with E-state index in [0.717, 1.165) is 11.4 Å². The van der Waals surface area contributed by atoms with Crippen molar-refractivity contribution in [1.29, 1.82) is 0 Å². The van der Waals surface area contributed by atoms with Crippen molar-refractivity contribution in [3.05, 3.63) is 17.0 Å². The Bertz CT molecular complexity index is 318. The molecule has 0 radical (unpaired) electrons. The van der Waals surface area contributed by atoms with Crippen LogP contribution in [-0.2, 0) is 4.74 Å². The molecule has 0 saturated heterocycles. The molecular formula is C10H16ClN3O. The van der Waals surface area contributed by atoms with E-state index >= 15 is 0 Å². The summed E-state index contributed by atoms with van der Waals surface area (Å²) in [5.41, 5.74) is 0.954. The van der Waals surface area contributed by atoms with Gasteiger partial charge in [0.05, 0.1) is 6.61 Å². The van der Waals surface area contributed by atoms with Crippen LogP contribution in [-0.4, -0.2) is 30.2 Å². The molecule has 0 spiro atoms. The second-order valence-electron chi connectivity index (χ2n) is 3.50. The Hall–Kier alpha value is -0.870. The first-order valence-corrected chi connectivity index (χ1v) is 5.27. The van der Waals surface area contributed by atoms with Gasteiger partial charge in [0, 0.05) is 19.2 Å². The quantitative estimate of drug-likeness (QED) is 0.622. The molecule has 1 heterocycles. The third-order valence-electron chi connectivity index (χ3n) is 2.01. The van der Waals surface area contributed by atoms with E-state index in [2.05, 4.69) is 29.1 Å². The first-order chi connectivity index (χ1) is 7.16. The molecule has 0 amide bonds. The molecular weight excluding hydrogens is 214 g/mol. The smallest absolute Gasteiger partial charge is 0.138 e. The van der Waals surface area contributed by atoms with Gasteiger partial charge in [-0.2, -0.15) is 0 Å². The zero-order chi connectivity index (χ0) is 11.3. The summed E-state index contributed by atoms with van der Waals surface area (Å²) in [5, 5.41) is 3.69. The number of nitrogens with zero attached hydrogens (tertiary/aromatic N) is 2. The number of anilines is 1. The minimum atomic E-state index is 0.295. The molecule has 84 valence electrons. The number of ether oxygens (including phenoxy) is 1. The Kier molecular flexibility index (Phi) is 4.78. The van der Waals surface area contributed by atoms with Gasteiger partial charge in [0.2, 0.25) is 0 Å². The normalized spacial score (nSPS) is 10.7. The highest BCUT2D eigenvalue weighted by molar-refractivity contribution is 6.30. The van der Waals surface area contributed by atoms with E-state index in [1.807, 2.05) is 0 Å². The zero-order valence-corrected chi connectivity index (χ0v) is 10.0. The molecule has 1 aromatic heterocycles. The molecule has 1 aromatic rings. The van der Waals surface area contributed by atoms with E-state index in [-0.39, 0.29) is 0 Å². The second kappa shape index (κ2) is 5.88. The SMILES string of the molecule is COCCNc1ncnc(Cl)c1C(C)C. The van der Waals surface area contributed by atoms with Crippen LogP contribution in [0.25, 0.3) is 0 Å². The highest BCUT2D eigenvalue weighted by Gasteiger charge is 2.12. The van der Waals surface area contributed by atoms with Crippen LogP contribution in [0.4, 0.5) is 5.82 Å². The van der Waals surface area contributed by atoms with E-state index in [1.165, 1.54) is 6.33 Å². The number of methoxy groups -OCH3 is 1. The summed E-state index contributed by atoms with van der Waals surface area (Å²) < 4.78 is 4.96. The molecule has 0 fully saturated rings. The first-order valence-electron chi connectivity index (χ1n) is 4.90. The Morgan fingerprint density at radius 1 is 1.47 bits per heavy atom. The predicted octanol–water partition coefficient (Wildman–Crippen LogP) is 2.31. The average molecular weight is 230 g/mol. The highest BCUT2D eigenvalue weighted by atomic mass is 35.5. The van der Waals surface area contributed by atoms with Crippen LogP contribution in [0, 0.1) is 0 Å². The molecule has 0 aliphatic rings. The molecule has 0 saturated carbocycles. The Labute approximate surface area is 95.0 Å². The topological polar surface area (TPSA) is 47.0 Å². The Balaban J connectivity index is 2.81. The van der Waals surface area contributed by atoms with Crippen molar-refractivity contribution in [3.63, 3.8) is 0 Å². The van der Waals surface area contributed by atoms with Crippen molar-refractivity contribution in [2.75, 3.05) is 25.6 Å². The molecule has 1 N–H and O–H groups in total. The van der Waals surface area contributed by atoms with Crippen molar-refractivity contribution in [2.24, 2.45) is 0 Å². The minimum absolute atomic E-state index is 0.295. The molecule has 0 aromatic carbocycles. The predicted molar refractivity (Wildman–Crippen MR) is 61.5 cm³/mol. The minimum Gasteiger partial charge on any atom is -0.383 e. The van der Waals surface area contributed by atoms with E-state index in [1.54, 1.807) is 7.11 Å². The third-order valence-corrected chi connectivity index (χ3v) is 2.31. The summed E-state index contributed by atoms with van der Waals surface area (Å²) in [6.45, 7) is 5.47. The van der Waals surface area contributed by atoms with Crippen molar-refractivity contribution >= 4 is 17.4 Å². The molecule has 4 nitrogen and oxygen atoms in total. The number of aromatic nitrogens is 2. The molecule has 0 atom stereocenters. The van der Waals surface area contributed by atoms with Crippen LogP contribution in [0.1, 0.15) is 25.3 Å². The van der Waals surface area contributed by atoms with E-state index in [0.29, 0.717) is 24.2 Å². The molecule has 0 unspecified atom stereocenters. The molecule has 0 aliphatic carbocycles. The second-order valence-corrected chi connectivity index (χ2v) is 3.86. The lowest BCUT2D eigenvalue weighted by Gasteiger charge is -2.13. The number of halogens is 1. The van der Waals surface area contributed by atoms with Crippen LogP contribution in [0.5, 0.6) is 0 Å². The average Bonchev–Trinajstić information content (AvgIpc) is 2.17. The van der Waals surface area contributed by atoms with Gasteiger partial charge in [0.1, 0.15) is 17.3 Å². The first kappa shape index (κ1) is 12.2. The highest BCUT2D eigenvalue weighted by Crippen LogP contribution is 2.27. The number of hydrogen-bond donors (Lipinski definition) is 1. The Morgan fingerprint density at radius 2 is 2.20 bits per heavy atom. The van der Waals surface area contributed by atoms with Crippen molar-refractivity contribution in [3.8, 4) is 0 Å². The summed E-state index contributed by atoms with van der Waals surface area (Å²) in [6.07, 6.45) is 1.46. The summed E-state index contributed by atoms with van der Waals surface area (Å²) in [5.74, 6) is 1.09. The van der Waals surface area contributed by atoms with Crippen LogP contribution in [0.3, 0.4) is 0 Å². The lowest BCUT2D eigenvalue weighted by atomic mass is 10.1. The van der Waals surface area contributed by atoms with Gasteiger partial charge in [0.15, 0.2) is 0 Å². The monoisotopic (exact) mass is 229 g/mol. The van der Waals surface area contributed by atoms with Gasteiger partial charge in [-0.25, -0.2) is 9.97 Å². The lowest BCUT2D eigenvalue weighted by molar-refractivity contribution is 0.210. The van der Waals surface area contributed by atoms with Crippen LogP contribution >= 0.6 is 11.6 Å². The van der Waals surface area contributed by atoms with Crippen LogP contribution in [0.2, 0.25) is 5.15 Å². The number of rotatable bonds is 5. The van der Waals surface area contributed by atoms with Crippen LogP contribution < -0.4 is 5.32 Å². The van der Waals surface area contributed by atoms with Crippen LogP contribution in [0.15, 0.2) is 6.33 Å². The van der Waals surface area contributed by atoms with E-state index in [4.69, 9.17) is 16.3 Å². The largest absolute Gasteiger partial charge is 0.383 e. The fourth-order valence-corrected chi connectivity index (χ4v) is 1.65. The maximum atomic E-state index is 6.01. The van der Waals surface area contributed by atoms with E-state index in [9.17, 15) is 0 Å². The molecule has 1 rings (SSSR count). The summed E-state index contributed by atoms with van der Waals surface area (Å²) >= 11 is 6.01. The maximum Gasteiger partial charge on any atom is 0.138 e. The molecule has 0 bridgehead atoms. The maximum absolute atomic E-state index is 6.01. The third kappa shape index (κ3) is 3.32. The van der Waals surface area contributed by atoms with Gasteiger partial charge in [-0.05, 0) is 5.92 Å². The molecule has 0 aliphatic heterocycles.